The lowest BCUT2D eigenvalue weighted by Gasteiger charge is -2.26. The van der Waals surface area contributed by atoms with Crippen molar-refractivity contribution in [3.63, 3.8) is 0 Å². The highest BCUT2D eigenvalue weighted by Crippen LogP contribution is 2.29. The van der Waals surface area contributed by atoms with Crippen LogP contribution in [0.3, 0.4) is 0 Å². The van der Waals surface area contributed by atoms with Crippen LogP contribution < -0.4 is 14.8 Å². The van der Waals surface area contributed by atoms with Crippen molar-refractivity contribution in [1.29, 1.82) is 0 Å². The maximum absolute atomic E-state index is 12.3. The Morgan fingerprint density at radius 1 is 1.23 bits per heavy atom. The molecular formula is C17H25NO4. The maximum atomic E-state index is 12.3. The van der Waals surface area contributed by atoms with E-state index in [1.165, 1.54) is 0 Å². The number of ether oxygens (including phenoxy) is 2. The van der Waals surface area contributed by atoms with Gasteiger partial charge < -0.3 is 19.9 Å². The number of aliphatic hydroxyl groups excluding tert-OH is 1. The number of hydrogen-bond acceptors (Lipinski definition) is 4. The Labute approximate surface area is 131 Å². The van der Waals surface area contributed by atoms with Gasteiger partial charge >= 0.3 is 0 Å². The van der Waals surface area contributed by atoms with E-state index in [4.69, 9.17) is 9.47 Å². The molecule has 0 atom stereocenters. The minimum atomic E-state index is -0.222. The van der Waals surface area contributed by atoms with E-state index in [0.717, 1.165) is 25.7 Å². The zero-order valence-corrected chi connectivity index (χ0v) is 13.5. The summed E-state index contributed by atoms with van der Waals surface area (Å²) in [5.74, 6) is 1.08. The normalized spacial score (nSPS) is 21.5. The van der Waals surface area contributed by atoms with Gasteiger partial charge in [0.15, 0.2) is 11.5 Å². The SMILES string of the molecule is COc1cc(C(=O)NC2CCC(O)CC2)ccc1OC(C)C. The third kappa shape index (κ3) is 4.37. The van der Waals surface area contributed by atoms with Gasteiger partial charge in [0.05, 0.1) is 19.3 Å². The summed E-state index contributed by atoms with van der Waals surface area (Å²) in [6, 6.07) is 5.34. The molecule has 1 amide bonds. The predicted molar refractivity (Wildman–Crippen MR) is 84.5 cm³/mol. The van der Waals surface area contributed by atoms with Gasteiger partial charge in [0.1, 0.15) is 0 Å². The zero-order chi connectivity index (χ0) is 16.1. The first-order chi connectivity index (χ1) is 10.5. The fourth-order valence-electron chi connectivity index (χ4n) is 2.65. The van der Waals surface area contributed by atoms with Crippen molar-refractivity contribution in [2.45, 2.75) is 57.8 Å². The molecule has 0 heterocycles. The third-order valence-electron chi connectivity index (χ3n) is 3.82. The van der Waals surface area contributed by atoms with Gasteiger partial charge in [-0.05, 0) is 57.7 Å². The highest BCUT2D eigenvalue weighted by atomic mass is 16.5. The van der Waals surface area contributed by atoms with Crippen molar-refractivity contribution >= 4 is 5.91 Å². The fourth-order valence-corrected chi connectivity index (χ4v) is 2.65. The van der Waals surface area contributed by atoms with Crippen LogP contribution in [0.4, 0.5) is 0 Å². The molecule has 0 unspecified atom stereocenters. The predicted octanol–water partition coefficient (Wildman–Crippen LogP) is 2.52. The Kier molecular flexibility index (Phi) is 5.66. The Bertz CT molecular complexity index is 507. The second-order valence-electron chi connectivity index (χ2n) is 6.01. The molecule has 0 radical (unpaired) electrons. The molecule has 5 nitrogen and oxygen atoms in total. The molecule has 2 rings (SSSR count). The molecule has 22 heavy (non-hydrogen) atoms. The highest BCUT2D eigenvalue weighted by molar-refractivity contribution is 5.95. The Balaban J connectivity index is 2.03. The molecule has 0 aromatic heterocycles. The molecule has 2 N–H and O–H groups in total. The van der Waals surface area contributed by atoms with Gasteiger partial charge in [-0.2, -0.15) is 0 Å². The van der Waals surface area contributed by atoms with Crippen molar-refractivity contribution in [1.82, 2.24) is 5.32 Å². The number of hydrogen-bond donors (Lipinski definition) is 2. The number of aliphatic hydroxyl groups is 1. The minimum Gasteiger partial charge on any atom is -0.493 e. The van der Waals surface area contributed by atoms with Crippen molar-refractivity contribution in [3.8, 4) is 11.5 Å². The molecule has 1 fully saturated rings. The van der Waals surface area contributed by atoms with E-state index >= 15 is 0 Å². The van der Waals surface area contributed by atoms with E-state index in [1.807, 2.05) is 13.8 Å². The summed E-state index contributed by atoms with van der Waals surface area (Å²) in [4.78, 5) is 12.3. The molecule has 1 aromatic rings. The van der Waals surface area contributed by atoms with Crippen LogP contribution in [-0.4, -0.2) is 36.4 Å². The van der Waals surface area contributed by atoms with Gasteiger partial charge in [0, 0.05) is 11.6 Å². The van der Waals surface area contributed by atoms with Gasteiger partial charge in [0.2, 0.25) is 0 Å². The average Bonchev–Trinajstić information content (AvgIpc) is 2.49. The molecule has 122 valence electrons. The van der Waals surface area contributed by atoms with E-state index < -0.39 is 0 Å². The summed E-state index contributed by atoms with van der Waals surface area (Å²) in [6.45, 7) is 3.88. The molecule has 5 heteroatoms. The molecule has 1 aliphatic rings. The van der Waals surface area contributed by atoms with E-state index in [-0.39, 0.29) is 24.2 Å². The molecule has 0 spiro atoms. The largest absolute Gasteiger partial charge is 0.493 e. The number of carbonyl (C=O) groups is 1. The molecule has 1 aromatic carbocycles. The van der Waals surface area contributed by atoms with Gasteiger partial charge in [-0.15, -0.1) is 0 Å². The average molecular weight is 307 g/mol. The monoisotopic (exact) mass is 307 g/mol. The van der Waals surface area contributed by atoms with Crippen LogP contribution in [0, 0.1) is 0 Å². The molecule has 1 saturated carbocycles. The van der Waals surface area contributed by atoms with Crippen molar-refractivity contribution in [2.24, 2.45) is 0 Å². The topological polar surface area (TPSA) is 67.8 Å². The van der Waals surface area contributed by atoms with Crippen molar-refractivity contribution < 1.29 is 19.4 Å². The van der Waals surface area contributed by atoms with Crippen LogP contribution in [0.2, 0.25) is 0 Å². The quantitative estimate of drug-likeness (QED) is 0.877. The number of methoxy groups -OCH3 is 1. The summed E-state index contributed by atoms with van der Waals surface area (Å²) < 4.78 is 11.0. The minimum absolute atomic E-state index is 0.0437. The molecule has 1 aliphatic carbocycles. The second-order valence-corrected chi connectivity index (χ2v) is 6.01. The zero-order valence-electron chi connectivity index (χ0n) is 13.5. The summed E-state index contributed by atoms with van der Waals surface area (Å²) in [6.07, 6.45) is 2.95. The highest BCUT2D eigenvalue weighted by Gasteiger charge is 2.21. The van der Waals surface area contributed by atoms with Crippen LogP contribution in [0.1, 0.15) is 49.9 Å². The molecule has 0 bridgehead atoms. The van der Waals surface area contributed by atoms with Crippen LogP contribution in [0.5, 0.6) is 11.5 Å². The molecule has 0 saturated heterocycles. The number of rotatable bonds is 5. The summed E-state index contributed by atoms with van der Waals surface area (Å²) in [5.41, 5.74) is 0.555. The lowest BCUT2D eigenvalue weighted by Crippen LogP contribution is -2.38. The first kappa shape index (κ1) is 16.6. The second kappa shape index (κ2) is 7.49. The maximum Gasteiger partial charge on any atom is 0.251 e. The van der Waals surface area contributed by atoms with Crippen molar-refractivity contribution in [2.75, 3.05) is 7.11 Å². The van der Waals surface area contributed by atoms with E-state index in [2.05, 4.69) is 5.32 Å². The summed E-state index contributed by atoms with van der Waals surface area (Å²) in [7, 11) is 1.56. The smallest absolute Gasteiger partial charge is 0.251 e. The first-order valence-electron chi connectivity index (χ1n) is 7.83. The summed E-state index contributed by atoms with van der Waals surface area (Å²) >= 11 is 0. The van der Waals surface area contributed by atoms with Crippen molar-refractivity contribution in [3.05, 3.63) is 23.8 Å². The Hall–Kier alpha value is -1.75. The molecule has 0 aliphatic heterocycles. The first-order valence-corrected chi connectivity index (χ1v) is 7.83. The fraction of sp³-hybridized carbons (Fsp3) is 0.588. The van der Waals surface area contributed by atoms with E-state index in [9.17, 15) is 9.90 Å². The number of benzene rings is 1. The Morgan fingerprint density at radius 2 is 1.91 bits per heavy atom. The Morgan fingerprint density at radius 3 is 2.50 bits per heavy atom. The van der Waals surface area contributed by atoms with Crippen LogP contribution in [-0.2, 0) is 0 Å². The van der Waals surface area contributed by atoms with Crippen LogP contribution in [0.25, 0.3) is 0 Å². The third-order valence-corrected chi connectivity index (χ3v) is 3.82. The van der Waals surface area contributed by atoms with Gasteiger partial charge in [-0.25, -0.2) is 0 Å². The van der Waals surface area contributed by atoms with Gasteiger partial charge in [0.25, 0.3) is 5.91 Å². The molecular weight excluding hydrogens is 282 g/mol. The number of nitrogens with one attached hydrogen (secondary N) is 1. The lowest BCUT2D eigenvalue weighted by molar-refractivity contribution is 0.0867. The summed E-state index contributed by atoms with van der Waals surface area (Å²) in [5, 5.41) is 12.5. The van der Waals surface area contributed by atoms with E-state index in [0.29, 0.717) is 17.1 Å². The lowest BCUT2D eigenvalue weighted by atomic mass is 9.93. The van der Waals surface area contributed by atoms with Crippen LogP contribution >= 0.6 is 0 Å². The number of carbonyl (C=O) groups excluding carboxylic acids is 1. The number of amides is 1. The van der Waals surface area contributed by atoms with Crippen LogP contribution in [0.15, 0.2) is 18.2 Å². The van der Waals surface area contributed by atoms with E-state index in [1.54, 1.807) is 25.3 Å². The van der Waals surface area contributed by atoms with Gasteiger partial charge in [-0.3, -0.25) is 4.79 Å². The van der Waals surface area contributed by atoms with Gasteiger partial charge in [-0.1, -0.05) is 0 Å². The standard InChI is InChI=1S/C17H25NO4/c1-11(2)22-15-9-4-12(10-16(15)21-3)17(20)18-13-5-7-14(19)8-6-13/h4,9-11,13-14,19H,5-8H2,1-3H3,(H,18,20).